The van der Waals surface area contributed by atoms with Crippen LogP contribution in [0.15, 0.2) is 0 Å². The minimum Gasteiger partial charge on any atom is -0.469 e. The van der Waals surface area contributed by atoms with E-state index < -0.39 is 30.0 Å². The number of carbonyl (C=O) groups is 2. The highest BCUT2D eigenvalue weighted by atomic mass is 19.4. The van der Waals surface area contributed by atoms with E-state index in [4.69, 9.17) is 0 Å². The second-order valence-corrected chi connectivity index (χ2v) is 3.70. The largest absolute Gasteiger partial charge is 0.469 e. The number of hydrogen-bond donors (Lipinski definition) is 1. The van der Waals surface area contributed by atoms with Crippen molar-refractivity contribution in [3.05, 3.63) is 0 Å². The molecule has 1 aliphatic heterocycles. The Bertz CT molecular complexity index is 303. The molecule has 0 bridgehead atoms. The summed E-state index contributed by atoms with van der Waals surface area (Å²) in [5, 5.41) is 1.92. The number of carbonyl (C=O) groups excluding carboxylic acids is 2. The van der Waals surface area contributed by atoms with Crippen LogP contribution in [0.25, 0.3) is 0 Å². The lowest BCUT2D eigenvalue weighted by Crippen LogP contribution is -2.54. The normalized spacial score (nSPS) is 25.4. The molecule has 1 rings (SSSR count). The first kappa shape index (κ1) is 12.8. The fraction of sp³-hybridized carbons (Fsp3) is 0.778. The Hall–Kier alpha value is -1.27. The maximum Gasteiger partial charge on any atom is 0.411 e. The summed E-state index contributed by atoms with van der Waals surface area (Å²) in [6, 6.07) is 0. The topological polar surface area (TPSA) is 55.4 Å². The summed E-state index contributed by atoms with van der Waals surface area (Å²) in [5.41, 5.74) is -2.27. The van der Waals surface area contributed by atoms with E-state index in [0.717, 1.165) is 7.11 Å². The third-order valence-corrected chi connectivity index (χ3v) is 2.68. The van der Waals surface area contributed by atoms with Crippen LogP contribution in [0, 0.1) is 0 Å². The van der Waals surface area contributed by atoms with Crippen LogP contribution in [0.2, 0.25) is 0 Å². The summed E-state index contributed by atoms with van der Waals surface area (Å²) in [5.74, 6) is -1.35. The van der Waals surface area contributed by atoms with Gasteiger partial charge in [-0.15, -0.1) is 0 Å². The highest BCUT2D eigenvalue weighted by Gasteiger charge is 2.57. The Morgan fingerprint density at radius 1 is 1.56 bits per heavy atom. The van der Waals surface area contributed by atoms with Gasteiger partial charge in [-0.3, -0.25) is 9.59 Å². The number of alkyl halides is 3. The van der Waals surface area contributed by atoms with Crippen molar-refractivity contribution in [1.29, 1.82) is 0 Å². The van der Waals surface area contributed by atoms with Gasteiger partial charge in [-0.2, -0.15) is 13.2 Å². The third kappa shape index (κ3) is 2.45. The van der Waals surface area contributed by atoms with Crippen molar-refractivity contribution in [2.75, 3.05) is 7.11 Å². The van der Waals surface area contributed by atoms with E-state index in [1.807, 2.05) is 5.32 Å². The lowest BCUT2D eigenvalue weighted by Gasteiger charge is -2.31. The molecule has 1 unspecified atom stereocenters. The Labute approximate surface area is 90.1 Å². The molecule has 1 N–H and O–H groups in total. The average molecular weight is 239 g/mol. The second-order valence-electron chi connectivity index (χ2n) is 3.70. The van der Waals surface area contributed by atoms with Crippen molar-refractivity contribution in [1.82, 2.24) is 5.32 Å². The zero-order chi connectivity index (χ0) is 12.4. The van der Waals surface area contributed by atoms with Crippen LogP contribution in [-0.2, 0) is 14.3 Å². The highest BCUT2D eigenvalue weighted by Crippen LogP contribution is 2.40. The van der Waals surface area contributed by atoms with Crippen molar-refractivity contribution < 1.29 is 27.5 Å². The van der Waals surface area contributed by atoms with Gasteiger partial charge in [-0.1, -0.05) is 0 Å². The van der Waals surface area contributed by atoms with Crippen LogP contribution in [-0.4, -0.2) is 30.7 Å². The van der Waals surface area contributed by atoms with E-state index in [9.17, 15) is 22.8 Å². The molecule has 0 spiro atoms. The number of ether oxygens (including phenoxy) is 1. The molecule has 1 saturated heterocycles. The number of esters is 1. The molecule has 4 nitrogen and oxygen atoms in total. The van der Waals surface area contributed by atoms with Gasteiger partial charge in [0.05, 0.1) is 7.11 Å². The molecule has 1 amide bonds. The van der Waals surface area contributed by atoms with Gasteiger partial charge in [0.2, 0.25) is 5.91 Å². The first-order valence-electron chi connectivity index (χ1n) is 4.75. The average Bonchev–Trinajstić information content (AvgIpc) is 2.57. The first-order valence-corrected chi connectivity index (χ1v) is 4.75. The van der Waals surface area contributed by atoms with E-state index in [2.05, 4.69) is 4.74 Å². The first-order chi connectivity index (χ1) is 7.31. The van der Waals surface area contributed by atoms with Gasteiger partial charge in [0.15, 0.2) is 0 Å². The standard InChI is InChI=1S/C9H12F3NO3/c1-16-7(15)3-5-8(9(10,11)12)4-2-6(14)13-8/h2-5H2,1H3,(H,13,14). The number of nitrogens with one attached hydrogen (secondary N) is 1. The summed E-state index contributed by atoms with van der Waals surface area (Å²) in [7, 11) is 1.11. The number of halogens is 3. The summed E-state index contributed by atoms with van der Waals surface area (Å²) in [6.07, 6.45) is -5.88. The van der Waals surface area contributed by atoms with E-state index in [1.54, 1.807) is 0 Å². The minimum absolute atomic E-state index is 0.166. The molecular weight excluding hydrogens is 227 g/mol. The Morgan fingerprint density at radius 3 is 2.56 bits per heavy atom. The van der Waals surface area contributed by atoms with Gasteiger partial charge in [-0.25, -0.2) is 0 Å². The number of methoxy groups -OCH3 is 1. The SMILES string of the molecule is COC(=O)CCC1(C(F)(F)F)CCC(=O)N1. The molecular formula is C9H12F3NO3. The lowest BCUT2D eigenvalue weighted by molar-refractivity contribution is -0.196. The fourth-order valence-electron chi connectivity index (χ4n) is 1.68. The van der Waals surface area contributed by atoms with Crippen molar-refractivity contribution >= 4 is 11.9 Å². The van der Waals surface area contributed by atoms with Crippen LogP contribution < -0.4 is 5.32 Å². The van der Waals surface area contributed by atoms with Gasteiger partial charge in [0.25, 0.3) is 0 Å². The quantitative estimate of drug-likeness (QED) is 0.751. The van der Waals surface area contributed by atoms with Gasteiger partial charge in [0, 0.05) is 12.8 Å². The van der Waals surface area contributed by atoms with Crippen LogP contribution in [0.1, 0.15) is 25.7 Å². The molecule has 1 fully saturated rings. The lowest BCUT2D eigenvalue weighted by atomic mass is 9.91. The summed E-state index contributed by atoms with van der Waals surface area (Å²) in [4.78, 5) is 21.7. The minimum atomic E-state index is -4.55. The van der Waals surface area contributed by atoms with E-state index in [0.29, 0.717) is 0 Å². The Balaban J connectivity index is 2.74. The molecule has 1 atom stereocenters. The van der Waals surface area contributed by atoms with E-state index in [1.165, 1.54) is 0 Å². The number of hydrogen-bond acceptors (Lipinski definition) is 3. The molecule has 0 aromatic heterocycles. The summed E-state index contributed by atoms with van der Waals surface area (Å²) >= 11 is 0. The second kappa shape index (κ2) is 4.31. The Kier molecular flexibility index (Phi) is 3.44. The van der Waals surface area contributed by atoms with Crippen molar-refractivity contribution in [2.24, 2.45) is 0 Å². The molecule has 16 heavy (non-hydrogen) atoms. The van der Waals surface area contributed by atoms with Gasteiger partial charge in [-0.05, 0) is 12.8 Å². The maximum atomic E-state index is 12.8. The zero-order valence-corrected chi connectivity index (χ0v) is 8.69. The molecule has 1 heterocycles. The van der Waals surface area contributed by atoms with Gasteiger partial charge < -0.3 is 10.1 Å². The smallest absolute Gasteiger partial charge is 0.411 e. The van der Waals surface area contributed by atoms with E-state index >= 15 is 0 Å². The fourth-order valence-corrected chi connectivity index (χ4v) is 1.68. The predicted octanol–water partition coefficient (Wildman–Crippen LogP) is 1.15. The monoisotopic (exact) mass is 239 g/mol. The maximum absolute atomic E-state index is 12.8. The van der Waals surface area contributed by atoms with Crippen LogP contribution >= 0.6 is 0 Å². The molecule has 0 aromatic rings. The molecule has 0 saturated carbocycles. The molecule has 0 aliphatic carbocycles. The molecule has 0 aromatic carbocycles. The molecule has 92 valence electrons. The summed E-state index contributed by atoms with van der Waals surface area (Å²) in [6.45, 7) is 0. The number of amides is 1. The zero-order valence-electron chi connectivity index (χ0n) is 8.69. The van der Waals surface area contributed by atoms with Gasteiger partial charge >= 0.3 is 12.1 Å². The van der Waals surface area contributed by atoms with Crippen molar-refractivity contribution in [3.8, 4) is 0 Å². The molecule has 1 aliphatic rings. The van der Waals surface area contributed by atoms with Crippen molar-refractivity contribution in [2.45, 2.75) is 37.4 Å². The molecule has 0 radical (unpaired) electrons. The van der Waals surface area contributed by atoms with Crippen molar-refractivity contribution in [3.63, 3.8) is 0 Å². The van der Waals surface area contributed by atoms with Crippen LogP contribution in [0.3, 0.4) is 0 Å². The Morgan fingerprint density at radius 2 is 2.19 bits per heavy atom. The summed E-state index contributed by atoms with van der Waals surface area (Å²) < 4.78 is 42.6. The van der Waals surface area contributed by atoms with Crippen LogP contribution in [0.5, 0.6) is 0 Å². The van der Waals surface area contributed by atoms with E-state index in [-0.39, 0.29) is 19.3 Å². The third-order valence-electron chi connectivity index (χ3n) is 2.68. The number of rotatable bonds is 3. The highest BCUT2D eigenvalue weighted by molar-refractivity contribution is 5.80. The molecule has 7 heteroatoms. The predicted molar refractivity (Wildman–Crippen MR) is 47.4 cm³/mol. The van der Waals surface area contributed by atoms with Crippen LogP contribution in [0.4, 0.5) is 13.2 Å². The van der Waals surface area contributed by atoms with Gasteiger partial charge in [0.1, 0.15) is 5.54 Å².